The molecule has 8 saturated heterocycles. The molecule has 0 spiro atoms. The van der Waals surface area contributed by atoms with Crippen LogP contribution in [-0.2, 0) is 11.3 Å². The highest BCUT2D eigenvalue weighted by Gasteiger charge is 2.51. The van der Waals surface area contributed by atoms with E-state index in [9.17, 15) is 0 Å². The fourth-order valence-corrected chi connectivity index (χ4v) is 30.5. The molecule has 4 aromatic heterocycles. The van der Waals surface area contributed by atoms with Crippen molar-refractivity contribution in [3.8, 4) is 0 Å². The van der Waals surface area contributed by atoms with E-state index < -0.39 is 0 Å². The number of piperidine rings is 8. The van der Waals surface area contributed by atoms with Crippen molar-refractivity contribution < 1.29 is 4.84 Å². The van der Waals surface area contributed by atoms with Crippen molar-refractivity contribution >= 4 is 62.2 Å². The minimum Gasteiger partial charge on any atom is -0.396 e. The van der Waals surface area contributed by atoms with E-state index in [1.165, 1.54) is 329 Å². The molecule has 14 bridgehead atoms. The van der Waals surface area contributed by atoms with Gasteiger partial charge in [0.2, 0.25) is 11.9 Å². The predicted molar refractivity (Wildman–Crippen MR) is 503 cm³/mol. The third kappa shape index (κ3) is 17.8. The van der Waals surface area contributed by atoms with Crippen LogP contribution in [0.3, 0.4) is 0 Å². The van der Waals surface area contributed by atoms with Crippen LogP contribution in [0.15, 0.2) is 102 Å². The summed E-state index contributed by atoms with van der Waals surface area (Å²) in [7, 11) is 0. The monoisotopic (exact) mass is 1650 g/mol. The van der Waals surface area contributed by atoms with Gasteiger partial charge in [0.15, 0.2) is 5.82 Å². The van der Waals surface area contributed by atoms with Crippen LogP contribution in [0.2, 0.25) is 0 Å². The van der Waals surface area contributed by atoms with Gasteiger partial charge in [0.1, 0.15) is 18.6 Å². The number of hydrogen-bond acceptors (Lipinski definition) is 12. The van der Waals surface area contributed by atoms with Gasteiger partial charge >= 0.3 is 0 Å². The minimum atomic E-state index is 0.500. The summed E-state index contributed by atoms with van der Waals surface area (Å²) < 4.78 is 10.3. The van der Waals surface area contributed by atoms with Gasteiger partial charge in [0.25, 0.3) is 0 Å². The normalized spacial score (nSPS) is 34.7. The number of aromatic nitrogens is 8. The molecule has 15 aliphatic rings. The Balaban J connectivity index is 0.000000104. The highest BCUT2D eigenvalue weighted by atomic mass is 16.6. The second kappa shape index (κ2) is 38.7. The number of nitrogens with one attached hydrogen (secondary N) is 2. The molecular formula is C106H155N15O. The van der Waals surface area contributed by atoms with Gasteiger partial charge < -0.3 is 33.7 Å². The Morgan fingerprint density at radius 3 is 0.926 bits per heavy atom. The molecule has 122 heavy (non-hydrogen) atoms. The van der Waals surface area contributed by atoms with Crippen molar-refractivity contribution in [1.29, 1.82) is 0 Å². The summed E-state index contributed by atoms with van der Waals surface area (Å²) in [6.45, 7) is 11.0. The molecule has 15 fully saturated rings. The molecule has 16 heteroatoms. The van der Waals surface area contributed by atoms with E-state index >= 15 is 0 Å². The summed E-state index contributed by atoms with van der Waals surface area (Å²) in [6, 6.07) is 46.8. The Morgan fingerprint density at radius 1 is 0.287 bits per heavy atom. The molecule has 14 atom stereocenters. The van der Waals surface area contributed by atoms with Crippen LogP contribution in [0.25, 0.3) is 44.1 Å². The zero-order valence-electron chi connectivity index (χ0n) is 75.8. The van der Waals surface area contributed by atoms with Gasteiger partial charge in [-0.05, 0) is 278 Å². The summed E-state index contributed by atoms with van der Waals surface area (Å²) in [4.78, 5) is 37.4. The number of aryl methyl sites for hydroxylation is 1. The lowest BCUT2D eigenvalue weighted by atomic mass is 9.68. The third-order valence-corrected chi connectivity index (χ3v) is 34.9. The van der Waals surface area contributed by atoms with Gasteiger partial charge in [-0.25, -0.2) is 19.9 Å². The Bertz CT molecular complexity index is 4640. The lowest BCUT2D eigenvalue weighted by molar-refractivity contribution is -0.0485. The van der Waals surface area contributed by atoms with Crippen molar-refractivity contribution in [2.75, 3.05) is 30.3 Å². The standard InChI is InChI=1S/C27H38N4O.C27H42N4.C26H38N4.C26H37N3/c1-2-32-28-18-27-29-25-11-3-4-12-26(25)31(27)24-16-21-9-6-10-22(17-24)30(21)23-14-19-7-5-8-20(13-19)15-23;1-2-28-27-29-25-17-10-11-18-26(25)31(27)24-19-22-15-12-16-23(20-24)30(22)21-13-8-6-4-3-5-7-9-14-21;1-2-27-26-28-24-11-3-4-12-25(24)30(26)23-16-20-9-6-10-21(17-23)29(20)22-14-18-7-5-8-19(13-18)15-22;1-2-26-27-24-11-3-4-12-25(24)29(26)23-16-20-9-6-10-21(17-23)28(20)22-14-18-7-5-8-19(13-18)15-22/h3-4,11-12,18-24H,2,5-10,13-17H2,1H3;10-11,17-18,21-24H,2-9,12-16,19-20H2,1H3,(H,28,29);3-4,11-12,18-23H,2,5-10,13-17H2,1H3,(H,27,28);3-4,11-12,18-23H,2,5-10,13-17H2,1H3/b28-18+;;;. The summed E-state index contributed by atoms with van der Waals surface area (Å²) in [5, 5.41) is 11.3. The van der Waals surface area contributed by atoms with Crippen molar-refractivity contribution in [2.45, 2.75) is 433 Å². The van der Waals surface area contributed by atoms with Gasteiger partial charge in [0, 0.05) is 116 Å². The summed E-state index contributed by atoms with van der Waals surface area (Å²) in [5.74, 6) is 10.6. The van der Waals surface area contributed by atoms with Crippen molar-refractivity contribution in [3.05, 3.63) is 109 Å². The molecule has 8 aliphatic heterocycles. The van der Waals surface area contributed by atoms with Crippen molar-refractivity contribution in [3.63, 3.8) is 0 Å². The Morgan fingerprint density at radius 2 is 0.574 bits per heavy atom. The topological polar surface area (TPSA) is 130 Å². The minimum absolute atomic E-state index is 0.500. The molecule has 23 rings (SSSR count). The number of oxime groups is 1. The van der Waals surface area contributed by atoms with E-state index in [0.29, 0.717) is 30.8 Å². The molecule has 660 valence electrons. The molecule has 12 heterocycles. The van der Waals surface area contributed by atoms with Gasteiger partial charge in [-0.1, -0.05) is 189 Å². The maximum atomic E-state index is 5.29. The largest absolute Gasteiger partial charge is 0.396 e. The highest BCUT2D eigenvalue weighted by Crippen LogP contribution is 2.54. The molecule has 16 nitrogen and oxygen atoms in total. The average Bonchev–Trinajstić information content (AvgIpc) is 1.62. The van der Waals surface area contributed by atoms with Crippen LogP contribution in [0.1, 0.15) is 365 Å². The SMILES string of the molecule is CCNc1nc2ccccc2n1C1CC2CCCC(C1)N2C1CC2CCCC(C2)C1.CCNc1nc2ccccc2n1C1CC2CCCC(C1)N2C1CCCCCCCCC1.CCO/N=C/c1nc2ccccc2n1C1CC2CCCC(C1)N2C1CC2CCCC(C2)C1.CCc1nc2ccccc2n1C1CC2CCCC(C1)N2C1CC2CCCC(C2)C1. The molecule has 0 amide bonds. The molecule has 7 saturated carbocycles. The quantitative estimate of drug-likeness (QED) is 0.0708. The second-order valence-electron chi connectivity index (χ2n) is 42.4. The number of imidazole rings is 4. The molecule has 0 radical (unpaired) electrons. The van der Waals surface area contributed by atoms with Crippen LogP contribution >= 0.6 is 0 Å². The third-order valence-electron chi connectivity index (χ3n) is 34.9. The zero-order chi connectivity index (χ0) is 82.0. The van der Waals surface area contributed by atoms with Crippen molar-refractivity contribution in [2.24, 2.45) is 40.7 Å². The summed E-state index contributed by atoms with van der Waals surface area (Å²) in [6.07, 6.45) is 70.2. The van der Waals surface area contributed by atoms with E-state index in [4.69, 9.17) is 24.8 Å². The zero-order valence-corrected chi connectivity index (χ0v) is 75.8. The number of rotatable bonds is 16. The van der Waals surface area contributed by atoms with Crippen LogP contribution in [0, 0.1) is 35.5 Å². The first-order valence-corrected chi connectivity index (χ1v) is 51.8. The lowest BCUT2D eigenvalue weighted by Gasteiger charge is -2.55. The number of fused-ring (bicyclic) bond motifs is 18. The van der Waals surface area contributed by atoms with E-state index in [-0.39, 0.29) is 0 Å². The van der Waals surface area contributed by atoms with Crippen molar-refractivity contribution in [1.82, 2.24) is 57.8 Å². The van der Waals surface area contributed by atoms with Crippen LogP contribution in [0.5, 0.6) is 0 Å². The van der Waals surface area contributed by atoms with Gasteiger partial charge in [-0.2, -0.15) is 0 Å². The molecule has 7 aliphatic carbocycles. The first kappa shape index (κ1) is 83.9. The number of nitrogens with zero attached hydrogens (tertiary/aromatic N) is 13. The smallest absolute Gasteiger partial charge is 0.204 e. The molecule has 8 aromatic rings. The highest BCUT2D eigenvalue weighted by molar-refractivity contribution is 5.85. The predicted octanol–water partition coefficient (Wildman–Crippen LogP) is 25.0. The van der Waals surface area contributed by atoms with Crippen LogP contribution < -0.4 is 10.6 Å². The first-order valence-electron chi connectivity index (χ1n) is 51.8. The van der Waals surface area contributed by atoms with Crippen LogP contribution in [0.4, 0.5) is 11.9 Å². The lowest BCUT2D eigenvalue weighted by Crippen LogP contribution is -2.58. The maximum Gasteiger partial charge on any atom is 0.204 e. The average molecular weight is 1660 g/mol. The molecule has 4 aromatic carbocycles. The summed E-state index contributed by atoms with van der Waals surface area (Å²) >= 11 is 0. The number of para-hydroxylation sites is 8. The fraction of sp³-hybridized carbons (Fsp3) is 0.726. The number of hydrogen-bond donors (Lipinski definition) is 2. The Kier molecular flexibility index (Phi) is 26.6. The molecule has 14 unspecified atom stereocenters. The van der Waals surface area contributed by atoms with E-state index in [1.807, 2.05) is 13.1 Å². The molecular weight excluding hydrogens is 1500 g/mol. The maximum absolute atomic E-state index is 5.29. The van der Waals surface area contributed by atoms with Crippen LogP contribution in [-0.4, -0.2) is 156 Å². The Labute approximate surface area is 732 Å². The molecule has 2 N–H and O–H groups in total. The van der Waals surface area contributed by atoms with E-state index in [2.05, 4.69) is 171 Å². The number of benzene rings is 4. The Hall–Kier alpha value is -6.33. The first-order chi connectivity index (χ1) is 60.2. The second-order valence-corrected chi connectivity index (χ2v) is 42.4. The van der Waals surface area contributed by atoms with E-state index in [0.717, 1.165) is 162 Å². The van der Waals surface area contributed by atoms with Gasteiger partial charge in [-0.3, -0.25) is 19.6 Å². The van der Waals surface area contributed by atoms with E-state index in [1.54, 1.807) is 6.42 Å². The summed E-state index contributed by atoms with van der Waals surface area (Å²) in [5.41, 5.74) is 9.78. The fourth-order valence-electron chi connectivity index (χ4n) is 30.5. The number of anilines is 2. The van der Waals surface area contributed by atoms with Gasteiger partial charge in [-0.15, -0.1) is 0 Å². The van der Waals surface area contributed by atoms with Gasteiger partial charge in [0.05, 0.1) is 44.1 Å².